The van der Waals surface area contributed by atoms with E-state index < -0.39 is 10.1 Å². The quantitative estimate of drug-likeness (QED) is 0.472. The van der Waals surface area contributed by atoms with Gasteiger partial charge >= 0.3 is 10.1 Å². The van der Waals surface area contributed by atoms with Gasteiger partial charge in [0.25, 0.3) is 0 Å². The average molecular weight is 270 g/mol. The maximum atomic E-state index is 10.7. The molecule has 0 heterocycles. The summed E-state index contributed by atoms with van der Waals surface area (Å²) >= 11 is 1.56. The molecule has 0 bridgehead atoms. The molecule has 5 nitrogen and oxygen atoms in total. The normalized spacial score (nSPS) is 11.9. The minimum Gasteiger partial charge on any atom is -0.267 e. The van der Waals surface area contributed by atoms with E-state index in [9.17, 15) is 8.42 Å². The van der Waals surface area contributed by atoms with Gasteiger partial charge in [0.2, 0.25) is 0 Å². The minimum atomic E-state index is -3.69. The van der Waals surface area contributed by atoms with Crippen molar-refractivity contribution in [2.75, 3.05) is 12.5 Å². The fraction of sp³-hybridized carbons (Fsp3) is 0.200. The van der Waals surface area contributed by atoms with Crippen LogP contribution in [0.1, 0.15) is 5.56 Å². The summed E-state index contributed by atoms with van der Waals surface area (Å²) in [5, 5.41) is 12.1. The molecule has 0 saturated heterocycles. The minimum absolute atomic E-state index is 0.0805. The van der Waals surface area contributed by atoms with Crippen LogP contribution in [0.25, 0.3) is 0 Å². The number of rotatable bonds is 4. The summed E-state index contributed by atoms with van der Waals surface area (Å²) in [6.07, 6.45) is 2.80. The van der Waals surface area contributed by atoms with Crippen LogP contribution in [0.3, 0.4) is 0 Å². The standard InChI is InChI=1S/C10H10N2O3S2/c1-16-9-5-3-8(4-6-9)10(7-11)12-15-17(2,13)14/h3-6H,1-2H3. The third-order valence-electron chi connectivity index (χ3n) is 1.73. The van der Waals surface area contributed by atoms with Gasteiger partial charge in [-0.1, -0.05) is 17.3 Å². The Labute approximate surface area is 104 Å². The number of benzene rings is 1. The van der Waals surface area contributed by atoms with E-state index in [4.69, 9.17) is 5.26 Å². The van der Waals surface area contributed by atoms with E-state index in [0.717, 1.165) is 11.2 Å². The highest BCUT2D eigenvalue weighted by molar-refractivity contribution is 7.98. The third-order valence-corrected chi connectivity index (χ3v) is 2.82. The van der Waals surface area contributed by atoms with E-state index in [-0.39, 0.29) is 5.71 Å². The molecule has 0 aromatic heterocycles. The molecule has 0 saturated carbocycles. The first-order valence-corrected chi connectivity index (χ1v) is 7.51. The molecule has 0 unspecified atom stereocenters. The van der Waals surface area contributed by atoms with Gasteiger partial charge in [0.1, 0.15) is 6.07 Å². The molecule has 0 aliphatic heterocycles. The highest BCUT2D eigenvalue weighted by atomic mass is 32.2. The number of nitriles is 1. The number of oxime groups is 1. The number of nitrogens with zero attached hydrogens (tertiary/aromatic N) is 2. The fourth-order valence-corrected chi connectivity index (χ4v) is 1.61. The first kappa shape index (κ1) is 13.5. The van der Waals surface area contributed by atoms with Crippen LogP contribution < -0.4 is 0 Å². The second kappa shape index (κ2) is 5.70. The molecule has 0 aliphatic rings. The molecular weight excluding hydrogens is 260 g/mol. The Bertz CT molecular complexity index is 556. The Morgan fingerprint density at radius 3 is 2.41 bits per heavy atom. The van der Waals surface area contributed by atoms with E-state index in [0.29, 0.717) is 5.56 Å². The average Bonchev–Trinajstić information content (AvgIpc) is 2.29. The Morgan fingerprint density at radius 2 is 2.00 bits per heavy atom. The molecule has 0 radical (unpaired) electrons. The maximum Gasteiger partial charge on any atom is 0.325 e. The van der Waals surface area contributed by atoms with Crippen LogP contribution in [0.15, 0.2) is 34.3 Å². The molecular formula is C10H10N2O3S2. The smallest absolute Gasteiger partial charge is 0.267 e. The van der Waals surface area contributed by atoms with E-state index in [2.05, 4.69) is 9.44 Å². The van der Waals surface area contributed by atoms with Crippen molar-refractivity contribution in [3.8, 4) is 6.07 Å². The zero-order chi connectivity index (χ0) is 12.9. The van der Waals surface area contributed by atoms with Crippen molar-refractivity contribution < 1.29 is 12.7 Å². The van der Waals surface area contributed by atoms with Gasteiger partial charge in [-0.2, -0.15) is 13.7 Å². The van der Waals surface area contributed by atoms with Gasteiger partial charge in [0.05, 0.1) is 6.26 Å². The lowest BCUT2D eigenvalue weighted by atomic mass is 10.1. The molecule has 0 amide bonds. The van der Waals surface area contributed by atoms with Gasteiger partial charge in [0, 0.05) is 10.5 Å². The second-order valence-electron chi connectivity index (χ2n) is 3.06. The van der Waals surface area contributed by atoms with Crippen LogP contribution in [0.5, 0.6) is 0 Å². The second-order valence-corrected chi connectivity index (χ2v) is 5.50. The summed E-state index contributed by atoms with van der Waals surface area (Å²) < 4.78 is 25.7. The van der Waals surface area contributed by atoms with Crippen molar-refractivity contribution in [1.82, 2.24) is 0 Å². The Kier molecular flexibility index (Phi) is 4.54. The number of hydrogen-bond donors (Lipinski definition) is 0. The van der Waals surface area contributed by atoms with E-state index in [1.165, 1.54) is 0 Å². The predicted molar refractivity (Wildman–Crippen MR) is 66.3 cm³/mol. The highest BCUT2D eigenvalue weighted by Crippen LogP contribution is 2.15. The molecule has 17 heavy (non-hydrogen) atoms. The highest BCUT2D eigenvalue weighted by Gasteiger charge is 2.06. The number of thioether (sulfide) groups is 1. The Morgan fingerprint density at radius 1 is 1.41 bits per heavy atom. The largest absolute Gasteiger partial charge is 0.325 e. The van der Waals surface area contributed by atoms with Crippen molar-refractivity contribution in [2.24, 2.45) is 5.16 Å². The predicted octanol–water partition coefficient (Wildman–Crippen LogP) is 1.61. The van der Waals surface area contributed by atoms with Gasteiger partial charge < -0.3 is 0 Å². The van der Waals surface area contributed by atoms with Crippen molar-refractivity contribution in [3.05, 3.63) is 29.8 Å². The van der Waals surface area contributed by atoms with E-state index in [1.807, 2.05) is 18.4 Å². The van der Waals surface area contributed by atoms with Crippen molar-refractivity contribution in [2.45, 2.75) is 4.90 Å². The Hall–Kier alpha value is -1.52. The summed E-state index contributed by atoms with van der Waals surface area (Å²) in [4.78, 5) is 1.04. The monoisotopic (exact) mass is 270 g/mol. The molecule has 1 rings (SSSR count). The van der Waals surface area contributed by atoms with Crippen LogP contribution in [0.2, 0.25) is 0 Å². The zero-order valence-corrected chi connectivity index (χ0v) is 10.9. The van der Waals surface area contributed by atoms with Crippen LogP contribution in [0.4, 0.5) is 0 Å². The lowest BCUT2D eigenvalue weighted by Gasteiger charge is -2.00. The van der Waals surface area contributed by atoms with Gasteiger partial charge in [-0.05, 0) is 18.4 Å². The summed E-state index contributed by atoms with van der Waals surface area (Å²) in [6.45, 7) is 0. The van der Waals surface area contributed by atoms with Gasteiger partial charge in [-0.3, -0.25) is 4.28 Å². The first-order valence-electron chi connectivity index (χ1n) is 4.47. The van der Waals surface area contributed by atoms with Crippen molar-refractivity contribution in [3.63, 3.8) is 0 Å². The lowest BCUT2D eigenvalue weighted by molar-refractivity contribution is 0.344. The van der Waals surface area contributed by atoms with Crippen LogP contribution in [-0.4, -0.2) is 26.6 Å². The zero-order valence-electron chi connectivity index (χ0n) is 9.25. The maximum absolute atomic E-state index is 10.7. The van der Waals surface area contributed by atoms with E-state index in [1.54, 1.807) is 30.0 Å². The van der Waals surface area contributed by atoms with Crippen molar-refractivity contribution >= 4 is 27.6 Å². The molecule has 7 heteroatoms. The lowest BCUT2D eigenvalue weighted by Crippen LogP contribution is -2.03. The molecule has 0 atom stereocenters. The topological polar surface area (TPSA) is 79.5 Å². The van der Waals surface area contributed by atoms with Crippen molar-refractivity contribution in [1.29, 1.82) is 5.26 Å². The molecule has 90 valence electrons. The fourth-order valence-electron chi connectivity index (χ4n) is 0.992. The molecule has 0 fully saturated rings. The molecule has 0 spiro atoms. The SMILES string of the molecule is CSc1ccc(C(C#N)=NOS(C)(=O)=O)cc1. The summed E-state index contributed by atoms with van der Waals surface area (Å²) in [7, 11) is -3.69. The van der Waals surface area contributed by atoms with E-state index >= 15 is 0 Å². The first-order chi connectivity index (χ1) is 7.96. The third kappa shape index (κ3) is 4.46. The molecule has 1 aromatic carbocycles. The van der Waals surface area contributed by atoms with Gasteiger partial charge in [-0.25, -0.2) is 0 Å². The number of hydrogen-bond acceptors (Lipinski definition) is 6. The summed E-state index contributed by atoms with van der Waals surface area (Å²) in [5.41, 5.74) is 0.428. The molecule has 1 aromatic rings. The van der Waals surface area contributed by atoms with Crippen LogP contribution in [0, 0.1) is 11.3 Å². The van der Waals surface area contributed by atoms with Gasteiger partial charge in [0.15, 0.2) is 5.71 Å². The van der Waals surface area contributed by atoms with Crippen LogP contribution >= 0.6 is 11.8 Å². The van der Waals surface area contributed by atoms with Crippen LogP contribution in [-0.2, 0) is 14.4 Å². The Balaban J connectivity index is 2.98. The van der Waals surface area contributed by atoms with Gasteiger partial charge in [-0.15, -0.1) is 11.8 Å². The summed E-state index contributed by atoms with van der Waals surface area (Å²) in [5.74, 6) is 0. The molecule has 0 N–H and O–H groups in total. The molecule has 0 aliphatic carbocycles. The summed E-state index contributed by atoms with van der Waals surface area (Å²) in [6, 6.07) is 8.77.